The number of pyridine rings is 2. The molecule has 0 saturated heterocycles. The van der Waals surface area contributed by atoms with Crippen LogP contribution in [0.25, 0.3) is 10.9 Å². The first kappa shape index (κ1) is 24.4. The van der Waals surface area contributed by atoms with Crippen molar-refractivity contribution in [3.8, 4) is 0 Å². The molecular formula is C26H30F3N3O2. The lowest BCUT2D eigenvalue weighted by Gasteiger charge is -2.40. The minimum atomic E-state index is -2.89. The molecule has 182 valence electrons. The van der Waals surface area contributed by atoms with Gasteiger partial charge in [0, 0.05) is 22.8 Å². The highest BCUT2D eigenvalue weighted by Crippen LogP contribution is 2.43. The third kappa shape index (κ3) is 4.74. The van der Waals surface area contributed by atoms with E-state index in [2.05, 4.69) is 15.3 Å². The van der Waals surface area contributed by atoms with Gasteiger partial charge in [0.05, 0.1) is 34.6 Å². The molecule has 0 amide bonds. The molecule has 1 saturated carbocycles. The van der Waals surface area contributed by atoms with Crippen molar-refractivity contribution in [2.45, 2.75) is 70.1 Å². The quantitative estimate of drug-likeness (QED) is 0.408. The highest BCUT2D eigenvalue weighted by atomic mass is 19.3. The van der Waals surface area contributed by atoms with Crippen molar-refractivity contribution in [2.75, 3.05) is 5.32 Å². The van der Waals surface area contributed by atoms with Gasteiger partial charge in [0.2, 0.25) is 0 Å². The molecule has 1 aliphatic rings. The van der Waals surface area contributed by atoms with E-state index in [1.54, 1.807) is 45.3 Å². The first-order valence-electron chi connectivity index (χ1n) is 11.5. The van der Waals surface area contributed by atoms with Gasteiger partial charge in [-0.05, 0) is 64.5 Å². The van der Waals surface area contributed by atoms with E-state index in [0.717, 1.165) is 6.07 Å². The topological polar surface area (TPSA) is 78.3 Å². The van der Waals surface area contributed by atoms with Gasteiger partial charge in [-0.2, -0.15) is 0 Å². The summed E-state index contributed by atoms with van der Waals surface area (Å²) < 4.78 is 41.0. The number of aliphatic hydroxyl groups is 2. The maximum atomic E-state index is 14.7. The number of hydrogen-bond donors (Lipinski definition) is 3. The second-order valence-electron chi connectivity index (χ2n) is 9.82. The molecule has 1 fully saturated rings. The van der Waals surface area contributed by atoms with Crippen molar-refractivity contribution in [3.05, 3.63) is 65.4 Å². The molecule has 1 aliphatic carbocycles. The highest BCUT2D eigenvalue weighted by Gasteiger charge is 2.40. The van der Waals surface area contributed by atoms with Gasteiger partial charge in [-0.1, -0.05) is 18.2 Å². The molecule has 34 heavy (non-hydrogen) atoms. The number of rotatable bonds is 6. The molecule has 8 heteroatoms. The van der Waals surface area contributed by atoms with Crippen LogP contribution in [-0.4, -0.2) is 25.8 Å². The van der Waals surface area contributed by atoms with Crippen molar-refractivity contribution in [1.29, 1.82) is 0 Å². The van der Waals surface area contributed by atoms with Gasteiger partial charge in [-0.15, -0.1) is 0 Å². The number of alkyl halides is 2. The Bertz CT molecular complexity index is 1170. The maximum absolute atomic E-state index is 14.7. The molecule has 1 aromatic carbocycles. The van der Waals surface area contributed by atoms with E-state index >= 15 is 0 Å². The van der Waals surface area contributed by atoms with E-state index in [1.807, 2.05) is 0 Å². The first-order chi connectivity index (χ1) is 16.0. The van der Waals surface area contributed by atoms with Crippen LogP contribution in [0.1, 0.15) is 75.7 Å². The van der Waals surface area contributed by atoms with Crippen LogP contribution in [0, 0.1) is 11.7 Å². The van der Waals surface area contributed by atoms with Crippen LogP contribution >= 0.6 is 0 Å². The van der Waals surface area contributed by atoms with Crippen LogP contribution in [0.5, 0.6) is 0 Å². The van der Waals surface area contributed by atoms with Gasteiger partial charge < -0.3 is 15.5 Å². The van der Waals surface area contributed by atoms with Gasteiger partial charge in [0.25, 0.3) is 6.43 Å². The first-order valence-corrected chi connectivity index (χ1v) is 11.5. The molecule has 0 aliphatic heterocycles. The van der Waals surface area contributed by atoms with Crippen LogP contribution in [-0.2, 0) is 5.60 Å². The smallest absolute Gasteiger partial charge is 0.266 e. The van der Waals surface area contributed by atoms with Crippen molar-refractivity contribution < 1.29 is 23.4 Å². The Balaban J connectivity index is 1.63. The van der Waals surface area contributed by atoms with E-state index in [-0.39, 0.29) is 11.5 Å². The predicted molar refractivity (Wildman–Crippen MR) is 125 cm³/mol. The third-order valence-corrected chi connectivity index (χ3v) is 7.05. The molecular weight excluding hydrogens is 443 g/mol. The second kappa shape index (κ2) is 9.15. The SMILES string of the molecule is C[C@@H](Nc1ccnc2cnc(C3(O)CCC(C(C)(C)O)CC3)cc12)c1cccc(C(F)F)c1F. The van der Waals surface area contributed by atoms with E-state index < -0.39 is 35.1 Å². The zero-order chi connectivity index (χ0) is 24.7. The summed E-state index contributed by atoms with van der Waals surface area (Å²) >= 11 is 0. The number of aromatic nitrogens is 2. The minimum absolute atomic E-state index is 0.104. The van der Waals surface area contributed by atoms with Crippen LogP contribution < -0.4 is 5.32 Å². The number of nitrogens with zero attached hydrogens (tertiary/aromatic N) is 2. The largest absolute Gasteiger partial charge is 0.390 e. The minimum Gasteiger partial charge on any atom is -0.390 e. The standard InChI is InChI=1S/C26H30F3N3O2/c1-15(17-5-4-6-18(23(17)27)24(28)29)32-20-9-12-30-21-14-31-22(13-19(20)21)26(34)10-7-16(8-11-26)25(2,3)33/h4-6,9,12-16,24,33-34H,7-8,10-11H2,1-3H3,(H,30,32)/t15-,16?,26?/m1/s1. The van der Waals surface area contributed by atoms with Crippen LogP contribution in [0.3, 0.4) is 0 Å². The number of halogens is 3. The Labute approximate surface area is 197 Å². The summed E-state index contributed by atoms with van der Waals surface area (Å²) in [6, 6.07) is 6.92. The third-order valence-electron chi connectivity index (χ3n) is 7.05. The van der Waals surface area contributed by atoms with Crippen LogP contribution in [0.15, 0.2) is 42.7 Å². The molecule has 5 nitrogen and oxygen atoms in total. The van der Waals surface area contributed by atoms with Gasteiger partial charge >= 0.3 is 0 Å². The Kier molecular flexibility index (Phi) is 6.57. The van der Waals surface area contributed by atoms with Gasteiger partial charge in [0.15, 0.2) is 0 Å². The summed E-state index contributed by atoms with van der Waals surface area (Å²) in [6.45, 7) is 5.29. The Hall–Kier alpha value is -2.71. The van der Waals surface area contributed by atoms with E-state index in [4.69, 9.17) is 0 Å². The van der Waals surface area contributed by atoms with E-state index in [0.29, 0.717) is 48.0 Å². The number of hydrogen-bond acceptors (Lipinski definition) is 5. The molecule has 4 rings (SSSR count). The summed E-state index contributed by atoms with van der Waals surface area (Å²) in [5.74, 6) is -0.817. The molecule has 1 atom stereocenters. The van der Waals surface area contributed by atoms with E-state index in [1.165, 1.54) is 12.1 Å². The lowest BCUT2D eigenvalue weighted by Crippen LogP contribution is -2.39. The number of nitrogens with one attached hydrogen (secondary N) is 1. The van der Waals surface area contributed by atoms with Crippen molar-refractivity contribution in [1.82, 2.24) is 9.97 Å². The Morgan fingerprint density at radius 1 is 1.12 bits per heavy atom. The zero-order valence-corrected chi connectivity index (χ0v) is 19.5. The summed E-state index contributed by atoms with van der Waals surface area (Å²) in [6.07, 6.45) is 2.60. The zero-order valence-electron chi connectivity index (χ0n) is 19.5. The average Bonchev–Trinajstić information content (AvgIpc) is 2.78. The lowest BCUT2D eigenvalue weighted by molar-refractivity contribution is -0.0648. The van der Waals surface area contributed by atoms with Gasteiger partial charge in [0.1, 0.15) is 11.4 Å². The summed E-state index contributed by atoms with van der Waals surface area (Å²) in [4.78, 5) is 8.81. The highest BCUT2D eigenvalue weighted by molar-refractivity contribution is 5.91. The molecule has 0 unspecified atom stereocenters. The molecule has 3 N–H and O–H groups in total. The predicted octanol–water partition coefficient (Wildman–Crippen LogP) is 6.03. The van der Waals surface area contributed by atoms with Crippen LogP contribution in [0.2, 0.25) is 0 Å². The fraction of sp³-hybridized carbons (Fsp3) is 0.462. The molecule has 3 aromatic rings. The summed E-state index contributed by atoms with van der Waals surface area (Å²) in [5.41, 5.74) is -0.655. The molecule has 2 heterocycles. The molecule has 0 radical (unpaired) electrons. The monoisotopic (exact) mass is 473 g/mol. The van der Waals surface area contributed by atoms with Crippen LogP contribution in [0.4, 0.5) is 18.9 Å². The average molecular weight is 474 g/mol. The Morgan fingerprint density at radius 3 is 2.44 bits per heavy atom. The normalized spacial score (nSPS) is 22.2. The summed E-state index contributed by atoms with van der Waals surface area (Å²) in [7, 11) is 0. The number of fused-ring (bicyclic) bond motifs is 1. The lowest BCUT2D eigenvalue weighted by atomic mass is 9.71. The number of benzene rings is 1. The van der Waals surface area contributed by atoms with Gasteiger partial charge in [-0.25, -0.2) is 13.2 Å². The van der Waals surface area contributed by atoms with E-state index in [9.17, 15) is 23.4 Å². The maximum Gasteiger partial charge on any atom is 0.266 e. The summed E-state index contributed by atoms with van der Waals surface area (Å²) in [5, 5.41) is 25.6. The molecule has 2 aromatic heterocycles. The fourth-order valence-corrected chi connectivity index (χ4v) is 4.87. The Morgan fingerprint density at radius 2 is 1.79 bits per heavy atom. The fourth-order valence-electron chi connectivity index (χ4n) is 4.87. The van der Waals surface area contributed by atoms with Crippen molar-refractivity contribution in [2.24, 2.45) is 5.92 Å². The number of anilines is 1. The van der Waals surface area contributed by atoms with Crippen molar-refractivity contribution >= 4 is 16.6 Å². The molecule has 0 spiro atoms. The van der Waals surface area contributed by atoms with Gasteiger partial charge in [-0.3, -0.25) is 9.97 Å². The van der Waals surface area contributed by atoms with Crippen molar-refractivity contribution in [3.63, 3.8) is 0 Å². The second-order valence-corrected chi connectivity index (χ2v) is 9.82. The molecule has 0 bridgehead atoms.